The maximum Gasteiger partial charge on any atom is 0.328 e. The van der Waals surface area contributed by atoms with E-state index >= 15 is 0 Å². The Labute approximate surface area is 121 Å². The van der Waals surface area contributed by atoms with Gasteiger partial charge in [0.25, 0.3) is 5.91 Å². The lowest BCUT2D eigenvalue weighted by atomic mass is 10.0. The van der Waals surface area contributed by atoms with Crippen LogP contribution in [0, 0.1) is 0 Å². The SMILES string of the molecule is CCOC(=O)C1CCCCN1C(=O)NC(=O)/C=C/C(=O)O. The Kier molecular flexibility index (Phi) is 6.38. The average molecular weight is 298 g/mol. The third-order valence-corrected chi connectivity index (χ3v) is 2.93. The first-order chi connectivity index (χ1) is 9.95. The number of nitrogens with zero attached hydrogens (tertiary/aromatic N) is 1. The Morgan fingerprint density at radius 3 is 2.62 bits per heavy atom. The number of esters is 1. The van der Waals surface area contributed by atoms with E-state index in [1.54, 1.807) is 6.92 Å². The fraction of sp³-hybridized carbons (Fsp3) is 0.538. The van der Waals surface area contributed by atoms with Crippen molar-refractivity contribution in [2.24, 2.45) is 0 Å². The summed E-state index contributed by atoms with van der Waals surface area (Å²) < 4.78 is 4.91. The van der Waals surface area contributed by atoms with Crippen molar-refractivity contribution in [3.63, 3.8) is 0 Å². The minimum Gasteiger partial charge on any atom is -0.478 e. The summed E-state index contributed by atoms with van der Waals surface area (Å²) in [6.07, 6.45) is 3.36. The number of rotatable bonds is 4. The summed E-state index contributed by atoms with van der Waals surface area (Å²) in [4.78, 5) is 46.7. The van der Waals surface area contributed by atoms with Gasteiger partial charge in [-0.25, -0.2) is 14.4 Å². The maximum atomic E-state index is 12.0. The fourth-order valence-corrected chi connectivity index (χ4v) is 2.02. The predicted molar refractivity (Wildman–Crippen MR) is 71.3 cm³/mol. The summed E-state index contributed by atoms with van der Waals surface area (Å²) in [6.45, 7) is 2.22. The van der Waals surface area contributed by atoms with E-state index in [0.717, 1.165) is 18.9 Å². The monoisotopic (exact) mass is 298 g/mol. The molecule has 116 valence electrons. The number of amides is 3. The van der Waals surface area contributed by atoms with Gasteiger partial charge in [0.15, 0.2) is 0 Å². The second-order valence-corrected chi connectivity index (χ2v) is 4.42. The number of ether oxygens (including phenoxy) is 1. The van der Waals surface area contributed by atoms with Crippen LogP contribution in [0.4, 0.5) is 4.79 Å². The van der Waals surface area contributed by atoms with E-state index in [4.69, 9.17) is 9.84 Å². The van der Waals surface area contributed by atoms with Crippen molar-refractivity contribution in [2.45, 2.75) is 32.2 Å². The first-order valence-corrected chi connectivity index (χ1v) is 6.65. The predicted octanol–water partition coefficient (Wildman–Crippen LogP) is 0.281. The van der Waals surface area contributed by atoms with Gasteiger partial charge in [-0.05, 0) is 26.2 Å². The standard InChI is InChI=1S/C13H18N2O6/c1-2-21-12(19)9-5-3-4-8-15(9)13(20)14-10(16)6-7-11(17)18/h6-7,9H,2-5,8H2,1H3,(H,17,18)(H,14,16,20)/b7-6+. The molecule has 1 fully saturated rings. The Balaban J connectivity index is 2.66. The van der Waals surface area contributed by atoms with E-state index in [1.165, 1.54) is 4.90 Å². The second kappa shape index (κ2) is 8.03. The number of carboxylic acids is 1. The fourth-order valence-electron chi connectivity index (χ4n) is 2.02. The number of aliphatic carboxylic acids is 1. The van der Waals surface area contributed by atoms with Crippen LogP contribution in [0.5, 0.6) is 0 Å². The summed E-state index contributed by atoms with van der Waals surface area (Å²) in [5.41, 5.74) is 0. The van der Waals surface area contributed by atoms with E-state index < -0.39 is 29.9 Å². The zero-order chi connectivity index (χ0) is 15.8. The van der Waals surface area contributed by atoms with Gasteiger partial charge >= 0.3 is 18.0 Å². The van der Waals surface area contributed by atoms with Crippen LogP contribution in [0.15, 0.2) is 12.2 Å². The average Bonchev–Trinajstić information content (AvgIpc) is 2.45. The van der Waals surface area contributed by atoms with Gasteiger partial charge in [-0.3, -0.25) is 10.1 Å². The molecule has 1 unspecified atom stereocenters. The van der Waals surface area contributed by atoms with Crippen LogP contribution in [0.25, 0.3) is 0 Å². The molecule has 1 saturated heterocycles. The van der Waals surface area contributed by atoms with E-state index in [0.29, 0.717) is 19.0 Å². The number of likely N-dealkylation sites (tertiary alicyclic amines) is 1. The number of nitrogens with one attached hydrogen (secondary N) is 1. The van der Waals surface area contributed by atoms with Crippen LogP contribution in [0.1, 0.15) is 26.2 Å². The zero-order valence-electron chi connectivity index (χ0n) is 11.7. The molecule has 1 aliphatic rings. The molecule has 0 spiro atoms. The molecule has 0 radical (unpaired) electrons. The van der Waals surface area contributed by atoms with E-state index in [2.05, 4.69) is 0 Å². The molecule has 0 aromatic heterocycles. The number of carboxylic acid groups (broad SMARTS) is 1. The topological polar surface area (TPSA) is 113 Å². The summed E-state index contributed by atoms with van der Waals surface area (Å²) in [6, 6.07) is -1.44. The summed E-state index contributed by atoms with van der Waals surface area (Å²) in [5, 5.41) is 10.4. The van der Waals surface area contributed by atoms with Crippen molar-refractivity contribution in [2.75, 3.05) is 13.2 Å². The molecule has 3 amide bonds. The molecule has 8 nitrogen and oxygen atoms in total. The van der Waals surface area contributed by atoms with Gasteiger partial charge in [0, 0.05) is 18.7 Å². The molecular weight excluding hydrogens is 280 g/mol. The van der Waals surface area contributed by atoms with Gasteiger partial charge in [-0.15, -0.1) is 0 Å². The molecule has 1 aliphatic heterocycles. The minimum absolute atomic E-state index is 0.213. The molecule has 0 saturated carbocycles. The van der Waals surface area contributed by atoms with Gasteiger partial charge in [0.05, 0.1) is 6.61 Å². The number of hydrogen-bond acceptors (Lipinski definition) is 5. The van der Waals surface area contributed by atoms with Gasteiger partial charge in [-0.2, -0.15) is 0 Å². The lowest BCUT2D eigenvalue weighted by molar-refractivity contribution is -0.149. The van der Waals surface area contributed by atoms with Crippen LogP contribution in [-0.4, -0.2) is 53.1 Å². The molecule has 0 aromatic carbocycles. The molecule has 1 heterocycles. The lowest BCUT2D eigenvalue weighted by Gasteiger charge is -2.33. The highest BCUT2D eigenvalue weighted by Gasteiger charge is 2.33. The normalized spacial score (nSPS) is 18.3. The van der Waals surface area contributed by atoms with Crippen molar-refractivity contribution in [1.82, 2.24) is 10.2 Å². The highest BCUT2D eigenvalue weighted by atomic mass is 16.5. The van der Waals surface area contributed by atoms with E-state index in [-0.39, 0.29) is 6.61 Å². The third-order valence-electron chi connectivity index (χ3n) is 2.93. The number of carbonyl (C=O) groups is 4. The van der Waals surface area contributed by atoms with Crippen molar-refractivity contribution in [1.29, 1.82) is 0 Å². The van der Waals surface area contributed by atoms with Crippen molar-refractivity contribution < 1.29 is 29.0 Å². The van der Waals surface area contributed by atoms with Crippen LogP contribution < -0.4 is 5.32 Å². The van der Waals surface area contributed by atoms with Crippen LogP contribution in [-0.2, 0) is 19.1 Å². The first-order valence-electron chi connectivity index (χ1n) is 6.65. The molecular formula is C13H18N2O6. The van der Waals surface area contributed by atoms with Crippen molar-refractivity contribution in [3.05, 3.63) is 12.2 Å². The maximum absolute atomic E-state index is 12.0. The largest absolute Gasteiger partial charge is 0.478 e. The molecule has 21 heavy (non-hydrogen) atoms. The Morgan fingerprint density at radius 2 is 2.00 bits per heavy atom. The van der Waals surface area contributed by atoms with E-state index in [9.17, 15) is 19.2 Å². The Morgan fingerprint density at radius 1 is 1.29 bits per heavy atom. The van der Waals surface area contributed by atoms with Crippen LogP contribution in [0.2, 0.25) is 0 Å². The third kappa shape index (κ3) is 5.25. The molecule has 0 bridgehead atoms. The molecule has 2 N–H and O–H groups in total. The smallest absolute Gasteiger partial charge is 0.328 e. The number of piperidine rings is 1. The molecule has 0 aliphatic carbocycles. The summed E-state index contributed by atoms with van der Waals surface area (Å²) >= 11 is 0. The number of imide groups is 1. The highest BCUT2D eigenvalue weighted by molar-refractivity contribution is 6.03. The lowest BCUT2D eigenvalue weighted by Crippen LogP contribution is -2.53. The Bertz CT molecular complexity index is 460. The molecule has 1 rings (SSSR count). The molecule has 1 atom stereocenters. The van der Waals surface area contributed by atoms with E-state index in [1.807, 2.05) is 5.32 Å². The molecule has 8 heteroatoms. The van der Waals surface area contributed by atoms with Gasteiger partial charge in [0.2, 0.25) is 0 Å². The minimum atomic E-state index is -1.29. The summed E-state index contributed by atoms with van der Waals surface area (Å²) in [5.74, 6) is -2.64. The quantitative estimate of drug-likeness (QED) is 0.569. The summed E-state index contributed by atoms with van der Waals surface area (Å²) in [7, 11) is 0. The number of urea groups is 1. The van der Waals surface area contributed by atoms with Crippen LogP contribution in [0.3, 0.4) is 0 Å². The van der Waals surface area contributed by atoms with Crippen molar-refractivity contribution >= 4 is 23.9 Å². The zero-order valence-corrected chi connectivity index (χ0v) is 11.7. The number of hydrogen-bond donors (Lipinski definition) is 2. The van der Waals surface area contributed by atoms with Crippen molar-refractivity contribution in [3.8, 4) is 0 Å². The first kappa shape index (κ1) is 16.7. The van der Waals surface area contributed by atoms with Gasteiger partial charge < -0.3 is 14.7 Å². The van der Waals surface area contributed by atoms with Gasteiger partial charge in [-0.1, -0.05) is 0 Å². The Hall–Kier alpha value is -2.38. The molecule has 0 aromatic rings. The number of carbonyl (C=O) groups excluding carboxylic acids is 3. The second-order valence-electron chi connectivity index (χ2n) is 4.42. The van der Waals surface area contributed by atoms with Gasteiger partial charge in [0.1, 0.15) is 6.04 Å². The van der Waals surface area contributed by atoms with Crippen LogP contribution >= 0.6 is 0 Å². The highest BCUT2D eigenvalue weighted by Crippen LogP contribution is 2.18.